The summed E-state index contributed by atoms with van der Waals surface area (Å²) in [7, 11) is 0.222. The van der Waals surface area contributed by atoms with Crippen molar-refractivity contribution in [3.63, 3.8) is 0 Å². The maximum Gasteiger partial charge on any atom is 0.433 e. The van der Waals surface area contributed by atoms with Gasteiger partial charge in [0, 0.05) is 19.0 Å². The first-order chi connectivity index (χ1) is 14.6. The second-order valence-electron chi connectivity index (χ2n) is 7.16. The Kier molecular flexibility index (Phi) is 6.18. The molecule has 0 aliphatic carbocycles. The third kappa shape index (κ3) is 3.94. The minimum atomic E-state index is -4.58. The fraction of sp³-hybridized carbons (Fsp3) is 0.429. The molecule has 1 atom stereocenters. The molecule has 3 heterocycles. The van der Waals surface area contributed by atoms with E-state index in [0.717, 1.165) is 12.3 Å². The fourth-order valence-electron chi connectivity index (χ4n) is 3.54. The smallest absolute Gasteiger partial charge is 0.325 e. The summed E-state index contributed by atoms with van der Waals surface area (Å²) < 4.78 is 53.6. The number of rotatable bonds is 6. The van der Waals surface area contributed by atoms with Gasteiger partial charge in [-0.05, 0) is 30.5 Å². The molecule has 31 heavy (non-hydrogen) atoms. The van der Waals surface area contributed by atoms with Gasteiger partial charge in [-0.1, -0.05) is 20.8 Å². The summed E-state index contributed by atoms with van der Waals surface area (Å²) in [5, 5.41) is 9.77. The monoisotopic (exact) mass is 449 g/mol. The molecular formula is C21H22F3N5OS. The molecule has 0 saturated carbocycles. The molecule has 0 radical (unpaired) electrons. The molecule has 0 N–H and O–H groups in total. The highest BCUT2D eigenvalue weighted by molar-refractivity contribution is 7.85. The lowest BCUT2D eigenvalue weighted by molar-refractivity contribution is -0.141. The zero-order valence-corrected chi connectivity index (χ0v) is 18.4. The van der Waals surface area contributed by atoms with Crippen LogP contribution in [0.1, 0.15) is 44.9 Å². The van der Waals surface area contributed by atoms with Crippen molar-refractivity contribution < 1.29 is 17.4 Å². The Balaban J connectivity index is 2.25. The van der Waals surface area contributed by atoms with Gasteiger partial charge in [0.05, 0.1) is 44.4 Å². The largest absolute Gasteiger partial charge is 0.433 e. The first-order valence-electron chi connectivity index (χ1n) is 9.82. The van der Waals surface area contributed by atoms with Gasteiger partial charge < -0.3 is 4.57 Å². The Labute approximate surface area is 180 Å². The number of alkyl halides is 3. The highest BCUT2D eigenvalue weighted by Gasteiger charge is 2.34. The van der Waals surface area contributed by atoms with Crippen molar-refractivity contribution in [3.8, 4) is 17.6 Å². The average molecular weight is 450 g/mol. The normalized spacial score (nSPS) is 13.4. The number of aromatic nitrogens is 4. The maximum atomic E-state index is 13.0. The van der Waals surface area contributed by atoms with Gasteiger partial charge in [0.2, 0.25) is 0 Å². The number of pyridine rings is 2. The van der Waals surface area contributed by atoms with Gasteiger partial charge in [-0.25, -0.2) is 9.97 Å². The summed E-state index contributed by atoms with van der Waals surface area (Å²) in [6, 6.07) is 4.96. The molecule has 0 aliphatic rings. The topological polar surface area (TPSA) is 84.5 Å². The number of fused-ring (bicyclic) bond motifs is 1. The van der Waals surface area contributed by atoms with Crippen molar-refractivity contribution in [2.75, 3.05) is 5.75 Å². The van der Waals surface area contributed by atoms with Gasteiger partial charge in [-0.3, -0.25) is 9.19 Å². The lowest BCUT2D eigenvalue weighted by Gasteiger charge is -2.24. The molecule has 3 rings (SSSR count). The van der Waals surface area contributed by atoms with E-state index < -0.39 is 28.1 Å². The number of imidazole rings is 1. The third-order valence-corrected chi connectivity index (χ3v) is 6.93. The van der Waals surface area contributed by atoms with Gasteiger partial charge >= 0.3 is 6.18 Å². The van der Waals surface area contributed by atoms with Crippen molar-refractivity contribution in [1.29, 1.82) is 5.26 Å². The first-order valence-corrected chi connectivity index (χ1v) is 11.1. The first kappa shape index (κ1) is 22.9. The fourth-order valence-corrected chi connectivity index (χ4v) is 4.47. The van der Waals surface area contributed by atoms with Crippen LogP contribution in [-0.4, -0.2) is 29.5 Å². The van der Waals surface area contributed by atoms with Crippen molar-refractivity contribution in [3.05, 3.63) is 35.8 Å². The molecule has 6 nitrogen and oxygen atoms in total. The second kappa shape index (κ2) is 8.38. The lowest BCUT2D eigenvalue weighted by Crippen LogP contribution is -2.23. The van der Waals surface area contributed by atoms with Gasteiger partial charge in [0.1, 0.15) is 11.4 Å². The van der Waals surface area contributed by atoms with Gasteiger partial charge in [-0.15, -0.1) is 0 Å². The number of nitrogens with zero attached hydrogens (tertiary/aromatic N) is 5. The Hall–Kier alpha value is -2.80. The van der Waals surface area contributed by atoms with E-state index in [1.54, 1.807) is 30.8 Å². The summed E-state index contributed by atoms with van der Waals surface area (Å²) >= 11 is 0. The standard InChI is InChI=1S/C21H22F3N5OS/c1-5-20(6-2,12-25)13-8-16(31(30)7-3)18(27-10-13)19-28-14-9-17(21(22,23)24)26-11-15(14)29(19)4/h8-11H,5-7H2,1-4H3. The minimum absolute atomic E-state index is 0.118. The van der Waals surface area contributed by atoms with E-state index in [2.05, 4.69) is 21.0 Å². The SMILES string of the molecule is CCS(=O)c1cc(C(C#N)(CC)CC)cnc1-c1nc2cc(C(F)(F)F)ncc2n1C. The van der Waals surface area contributed by atoms with Crippen molar-refractivity contribution in [2.24, 2.45) is 7.05 Å². The van der Waals surface area contributed by atoms with Gasteiger partial charge in [0.25, 0.3) is 0 Å². The molecule has 0 saturated heterocycles. The van der Waals surface area contributed by atoms with Gasteiger partial charge in [-0.2, -0.15) is 18.4 Å². The summed E-state index contributed by atoms with van der Waals surface area (Å²) in [4.78, 5) is 12.7. The summed E-state index contributed by atoms with van der Waals surface area (Å²) in [6.07, 6.45) is -0.759. The molecule has 0 aliphatic heterocycles. The molecule has 164 valence electrons. The van der Waals surface area contributed by atoms with Crippen LogP contribution in [0.3, 0.4) is 0 Å². The number of hydrogen-bond acceptors (Lipinski definition) is 5. The quantitative estimate of drug-likeness (QED) is 0.542. The van der Waals surface area contributed by atoms with Crippen molar-refractivity contribution >= 4 is 21.8 Å². The lowest BCUT2D eigenvalue weighted by atomic mass is 9.78. The Bertz CT molecular complexity index is 1190. The minimum Gasteiger partial charge on any atom is -0.325 e. The van der Waals surface area contributed by atoms with E-state index in [-0.39, 0.29) is 11.3 Å². The van der Waals surface area contributed by atoms with Crippen LogP contribution in [-0.2, 0) is 29.4 Å². The summed E-state index contributed by atoms with van der Waals surface area (Å²) in [5.41, 5.74) is -0.288. The number of nitriles is 1. The van der Waals surface area contributed by atoms with Crippen molar-refractivity contribution in [1.82, 2.24) is 19.5 Å². The van der Waals surface area contributed by atoms with E-state index in [1.165, 1.54) is 0 Å². The summed E-state index contributed by atoms with van der Waals surface area (Å²) in [6.45, 7) is 5.58. The molecule has 0 fully saturated rings. The molecule has 0 spiro atoms. The van der Waals surface area contributed by atoms with E-state index in [9.17, 15) is 22.6 Å². The maximum absolute atomic E-state index is 13.0. The molecule has 3 aromatic heterocycles. The predicted octanol–water partition coefficient (Wildman–Crippen LogP) is 4.76. The van der Waals surface area contributed by atoms with E-state index in [0.29, 0.717) is 40.3 Å². The second-order valence-corrected chi connectivity index (χ2v) is 8.86. The Morgan fingerprint density at radius 3 is 2.35 bits per heavy atom. The van der Waals surface area contributed by atoms with Crippen LogP contribution in [0.15, 0.2) is 29.4 Å². The van der Waals surface area contributed by atoms with E-state index in [4.69, 9.17) is 0 Å². The Morgan fingerprint density at radius 2 is 1.81 bits per heavy atom. The average Bonchev–Trinajstić information content (AvgIpc) is 3.10. The Morgan fingerprint density at radius 1 is 1.13 bits per heavy atom. The van der Waals surface area contributed by atoms with Crippen LogP contribution in [0, 0.1) is 11.3 Å². The third-order valence-electron chi connectivity index (χ3n) is 5.60. The van der Waals surface area contributed by atoms with Gasteiger partial charge in [0.15, 0.2) is 5.82 Å². The number of aryl methyl sites for hydroxylation is 1. The zero-order valence-electron chi connectivity index (χ0n) is 17.6. The van der Waals surface area contributed by atoms with Crippen LogP contribution in [0.5, 0.6) is 0 Å². The molecule has 0 amide bonds. The van der Waals surface area contributed by atoms with E-state index >= 15 is 0 Å². The molecular weight excluding hydrogens is 427 g/mol. The zero-order chi connectivity index (χ0) is 23.0. The van der Waals surface area contributed by atoms with Crippen LogP contribution < -0.4 is 0 Å². The molecule has 10 heteroatoms. The van der Waals surface area contributed by atoms with Crippen LogP contribution in [0.2, 0.25) is 0 Å². The van der Waals surface area contributed by atoms with Crippen molar-refractivity contribution in [2.45, 2.75) is 50.1 Å². The molecule has 3 aromatic rings. The van der Waals surface area contributed by atoms with E-state index in [1.807, 2.05) is 13.8 Å². The predicted molar refractivity (Wildman–Crippen MR) is 112 cm³/mol. The highest BCUT2D eigenvalue weighted by Crippen LogP contribution is 2.35. The number of halogens is 3. The molecule has 0 aromatic carbocycles. The van der Waals surface area contributed by atoms with Crippen LogP contribution in [0.4, 0.5) is 13.2 Å². The summed E-state index contributed by atoms with van der Waals surface area (Å²) in [5.74, 6) is 0.606. The van der Waals surface area contributed by atoms with Crippen LogP contribution in [0.25, 0.3) is 22.6 Å². The van der Waals surface area contributed by atoms with Crippen LogP contribution >= 0.6 is 0 Å². The number of hydrogen-bond donors (Lipinski definition) is 0. The highest BCUT2D eigenvalue weighted by atomic mass is 32.2. The molecule has 0 bridgehead atoms. The molecule has 1 unspecified atom stereocenters.